The summed E-state index contributed by atoms with van der Waals surface area (Å²) in [5.74, 6) is -0.455. The van der Waals surface area contributed by atoms with Gasteiger partial charge in [-0.3, -0.25) is 19.7 Å². The van der Waals surface area contributed by atoms with E-state index < -0.39 is 4.92 Å². The number of carbonyl (C=O) groups excluding carboxylic acids is 2. The third-order valence-corrected chi connectivity index (χ3v) is 6.17. The number of carbonyl (C=O) groups is 2. The number of benzene rings is 3. The number of amides is 2. The van der Waals surface area contributed by atoms with Gasteiger partial charge in [-0.05, 0) is 49.2 Å². The van der Waals surface area contributed by atoms with Crippen LogP contribution >= 0.6 is 11.6 Å². The molecule has 3 aromatic carbocycles. The number of nitro groups is 1. The maximum atomic E-state index is 13.8. The first-order valence-corrected chi connectivity index (χ1v) is 10.9. The maximum absolute atomic E-state index is 13.8. The van der Waals surface area contributed by atoms with E-state index in [2.05, 4.69) is 0 Å². The summed E-state index contributed by atoms with van der Waals surface area (Å²) in [6.07, 6.45) is 0.507. The third kappa shape index (κ3) is 4.19. The van der Waals surface area contributed by atoms with Crippen molar-refractivity contribution >= 4 is 40.5 Å². The predicted octanol–water partition coefficient (Wildman–Crippen LogP) is 5.78. The highest BCUT2D eigenvalue weighted by molar-refractivity contribution is 6.32. The van der Waals surface area contributed by atoms with Crippen molar-refractivity contribution in [1.82, 2.24) is 0 Å². The molecular formula is C25H22ClN3O4. The number of fused-ring (bicyclic) bond motifs is 1. The summed E-state index contributed by atoms with van der Waals surface area (Å²) >= 11 is 5.97. The SMILES string of the molecule is CC(=O)N1c2ccccc2[C@@H](N(C(=O)c2ccc(Cl)c([N+](=O)[O-])c2)c2ccccc2)C[C@@H]1C. The Labute approximate surface area is 196 Å². The first-order chi connectivity index (χ1) is 15.8. The van der Waals surface area contributed by atoms with Crippen molar-refractivity contribution in [2.75, 3.05) is 9.80 Å². The van der Waals surface area contributed by atoms with Gasteiger partial charge >= 0.3 is 0 Å². The van der Waals surface area contributed by atoms with Gasteiger partial charge in [0.15, 0.2) is 0 Å². The predicted molar refractivity (Wildman–Crippen MR) is 128 cm³/mol. The quantitative estimate of drug-likeness (QED) is 0.362. The molecule has 0 saturated heterocycles. The maximum Gasteiger partial charge on any atom is 0.288 e. The number of halogens is 1. The highest BCUT2D eigenvalue weighted by Gasteiger charge is 2.38. The molecule has 1 aliphatic heterocycles. The minimum Gasteiger partial charge on any atom is -0.309 e. The van der Waals surface area contributed by atoms with Crippen LogP contribution in [0.3, 0.4) is 0 Å². The van der Waals surface area contributed by atoms with E-state index in [-0.39, 0.29) is 40.2 Å². The van der Waals surface area contributed by atoms with Crippen LogP contribution in [0.25, 0.3) is 0 Å². The number of nitrogens with zero attached hydrogens (tertiary/aromatic N) is 3. The van der Waals surface area contributed by atoms with Gasteiger partial charge in [0, 0.05) is 36.0 Å². The number of hydrogen-bond acceptors (Lipinski definition) is 4. The standard InChI is InChI=1S/C25H22ClN3O4/c1-16-14-23(20-10-6-7-11-22(20)27(16)17(2)30)28(19-8-4-3-5-9-19)25(31)18-12-13-21(26)24(15-18)29(32)33/h3-13,15-16,23H,14H2,1-2H3/t16-,23-/m0/s1. The average Bonchev–Trinajstić information content (AvgIpc) is 2.79. The molecule has 4 rings (SSSR count). The molecule has 3 aromatic rings. The van der Waals surface area contributed by atoms with E-state index in [1.54, 1.807) is 9.80 Å². The van der Waals surface area contributed by atoms with Crippen molar-refractivity contribution in [2.24, 2.45) is 0 Å². The Morgan fingerprint density at radius 2 is 1.73 bits per heavy atom. The summed E-state index contributed by atoms with van der Waals surface area (Å²) in [7, 11) is 0. The summed E-state index contributed by atoms with van der Waals surface area (Å²) in [5, 5.41) is 11.4. The van der Waals surface area contributed by atoms with Crippen LogP contribution in [-0.4, -0.2) is 22.8 Å². The lowest BCUT2D eigenvalue weighted by molar-refractivity contribution is -0.384. The molecule has 2 atom stereocenters. The topological polar surface area (TPSA) is 83.8 Å². The van der Waals surface area contributed by atoms with Gasteiger partial charge in [-0.1, -0.05) is 48.0 Å². The molecule has 0 unspecified atom stereocenters. The van der Waals surface area contributed by atoms with E-state index in [4.69, 9.17) is 11.6 Å². The van der Waals surface area contributed by atoms with Gasteiger partial charge in [-0.2, -0.15) is 0 Å². The van der Waals surface area contributed by atoms with E-state index in [1.807, 2.05) is 61.5 Å². The van der Waals surface area contributed by atoms with E-state index in [0.29, 0.717) is 12.1 Å². The van der Waals surface area contributed by atoms with Crippen molar-refractivity contribution in [1.29, 1.82) is 0 Å². The molecule has 168 valence electrons. The van der Waals surface area contributed by atoms with Gasteiger partial charge in [0.1, 0.15) is 5.02 Å². The minimum atomic E-state index is -0.602. The molecule has 33 heavy (non-hydrogen) atoms. The van der Waals surface area contributed by atoms with Gasteiger partial charge in [-0.15, -0.1) is 0 Å². The van der Waals surface area contributed by atoms with Crippen molar-refractivity contribution in [3.8, 4) is 0 Å². The largest absolute Gasteiger partial charge is 0.309 e. The normalized spacial score (nSPS) is 17.2. The molecule has 0 aromatic heterocycles. The van der Waals surface area contributed by atoms with Crippen LogP contribution in [0.15, 0.2) is 72.8 Å². The molecule has 0 aliphatic carbocycles. The lowest BCUT2D eigenvalue weighted by Crippen LogP contribution is -2.47. The molecule has 2 amide bonds. The molecule has 0 fully saturated rings. The van der Waals surface area contributed by atoms with Crippen LogP contribution in [0.2, 0.25) is 5.02 Å². The van der Waals surface area contributed by atoms with Gasteiger partial charge in [0.05, 0.1) is 11.0 Å². The first kappa shape index (κ1) is 22.5. The molecule has 0 N–H and O–H groups in total. The fraction of sp³-hybridized carbons (Fsp3) is 0.200. The molecule has 0 bridgehead atoms. The summed E-state index contributed by atoms with van der Waals surface area (Å²) in [5.41, 5.74) is 2.09. The van der Waals surface area contributed by atoms with E-state index in [0.717, 1.165) is 11.3 Å². The lowest BCUT2D eigenvalue weighted by Gasteiger charge is -2.43. The Kier molecular flexibility index (Phi) is 6.16. The van der Waals surface area contributed by atoms with Crippen molar-refractivity contribution in [2.45, 2.75) is 32.4 Å². The number of nitro benzene ring substituents is 1. The Bertz CT molecular complexity index is 1230. The van der Waals surface area contributed by atoms with E-state index in [9.17, 15) is 19.7 Å². The Morgan fingerprint density at radius 1 is 1.06 bits per heavy atom. The Hall–Kier alpha value is -3.71. The number of anilines is 2. The van der Waals surface area contributed by atoms with Crippen LogP contribution in [0.4, 0.5) is 17.1 Å². The van der Waals surface area contributed by atoms with Crippen molar-refractivity contribution in [3.05, 3.63) is 99.1 Å². The smallest absolute Gasteiger partial charge is 0.288 e. The van der Waals surface area contributed by atoms with Gasteiger partial charge in [-0.25, -0.2) is 0 Å². The zero-order valence-corrected chi connectivity index (χ0v) is 18.9. The van der Waals surface area contributed by atoms with Crippen LogP contribution < -0.4 is 9.80 Å². The summed E-state index contributed by atoms with van der Waals surface area (Å²) in [6.45, 7) is 3.48. The monoisotopic (exact) mass is 463 g/mol. The number of hydrogen-bond donors (Lipinski definition) is 0. The molecule has 0 spiro atoms. The van der Waals surface area contributed by atoms with Crippen LogP contribution in [0.5, 0.6) is 0 Å². The Balaban J connectivity index is 1.87. The second kappa shape index (κ2) is 9.03. The van der Waals surface area contributed by atoms with E-state index in [1.165, 1.54) is 25.1 Å². The highest BCUT2D eigenvalue weighted by atomic mass is 35.5. The summed E-state index contributed by atoms with van der Waals surface area (Å²) in [4.78, 5) is 40.4. The van der Waals surface area contributed by atoms with Gasteiger partial charge < -0.3 is 9.80 Å². The van der Waals surface area contributed by atoms with Gasteiger partial charge in [0.2, 0.25) is 5.91 Å². The number of rotatable bonds is 4. The lowest BCUT2D eigenvalue weighted by atomic mass is 9.89. The second-order valence-corrected chi connectivity index (χ2v) is 8.39. The summed E-state index contributed by atoms with van der Waals surface area (Å²) < 4.78 is 0. The molecule has 1 aliphatic rings. The van der Waals surface area contributed by atoms with Crippen LogP contribution in [-0.2, 0) is 4.79 Å². The highest BCUT2D eigenvalue weighted by Crippen LogP contribution is 2.43. The zero-order valence-electron chi connectivity index (χ0n) is 18.1. The molecule has 0 saturated carbocycles. The minimum absolute atomic E-state index is 0.0310. The Morgan fingerprint density at radius 3 is 2.39 bits per heavy atom. The fourth-order valence-corrected chi connectivity index (χ4v) is 4.64. The van der Waals surface area contributed by atoms with Gasteiger partial charge in [0.25, 0.3) is 11.6 Å². The van der Waals surface area contributed by atoms with Crippen molar-refractivity contribution in [3.63, 3.8) is 0 Å². The average molecular weight is 464 g/mol. The second-order valence-electron chi connectivity index (χ2n) is 7.98. The van der Waals surface area contributed by atoms with Crippen LogP contribution in [0, 0.1) is 10.1 Å². The summed E-state index contributed by atoms with van der Waals surface area (Å²) in [6, 6.07) is 20.2. The number of para-hydroxylation sites is 2. The van der Waals surface area contributed by atoms with E-state index >= 15 is 0 Å². The third-order valence-electron chi connectivity index (χ3n) is 5.85. The molecule has 8 heteroatoms. The molecule has 0 radical (unpaired) electrons. The zero-order chi connectivity index (χ0) is 23.7. The molecule has 7 nitrogen and oxygen atoms in total. The van der Waals surface area contributed by atoms with Crippen molar-refractivity contribution < 1.29 is 14.5 Å². The van der Waals surface area contributed by atoms with Crippen LogP contribution in [0.1, 0.15) is 42.2 Å². The molecule has 1 heterocycles. The first-order valence-electron chi connectivity index (χ1n) is 10.5. The fourth-order valence-electron chi connectivity index (χ4n) is 4.46. The molecular weight excluding hydrogens is 442 g/mol.